The molecule has 2 unspecified atom stereocenters. The van der Waals surface area contributed by atoms with Gasteiger partial charge in [0.2, 0.25) is 0 Å². The Labute approximate surface area is 269 Å². The number of anilines is 3. The van der Waals surface area contributed by atoms with Crippen LogP contribution < -0.4 is 9.64 Å². The first-order chi connectivity index (χ1) is 22.8. The van der Waals surface area contributed by atoms with Crippen LogP contribution in [0, 0.1) is 0 Å². The summed E-state index contributed by atoms with van der Waals surface area (Å²) in [7, 11) is 0. The van der Waals surface area contributed by atoms with Gasteiger partial charge in [0.25, 0.3) is 0 Å². The second-order valence-electron chi connectivity index (χ2n) is 12.1. The minimum Gasteiger partial charge on any atom is -0.484 e. The minimum absolute atomic E-state index is 0.0691. The lowest BCUT2D eigenvalue weighted by molar-refractivity contribution is 0.281. The zero-order valence-corrected chi connectivity index (χ0v) is 25.3. The molecule has 0 aromatic heterocycles. The van der Waals surface area contributed by atoms with Crippen LogP contribution in [0.1, 0.15) is 17.0 Å². The number of allylic oxidation sites excluding steroid dienone is 2. The number of benzene rings is 7. The molecule has 0 N–H and O–H groups in total. The van der Waals surface area contributed by atoms with E-state index in [9.17, 15) is 0 Å². The molecule has 46 heavy (non-hydrogen) atoms. The third-order valence-electron chi connectivity index (χ3n) is 9.40. The molecule has 2 heteroatoms. The summed E-state index contributed by atoms with van der Waals surface area (Å²) in [5.74, 6) is 1.11. The average Bonchev–Trinajstić information content (AvgIpc) is 3.52. The van der Waals surface area contributed by atoms with E-state index in [1.165, 1.54) is 38.6 Å². The fourth-order valence-electron chi connectivity index (χ4n) is 7.18. The van der Waals surface area contributed by atoms with Crippen LogP contribution in [0.15, 0.2) is 176 Å². The normalized spacial score (nSPS) is 16.5. The van der Waals surface area contributed by atoms with E-state index in [1.807, 2.05) is 0 Å². The molecule has 0 radical (unpaired) electrons. The summed E-state index contributed by atoms with van der Waals surface area (Å²) in [4.78, 5) is 2.41. The SMILES string of the molecule is C1=CC2c3cc(N(c4ccc(-c5ccccc5)cc4)c4ccc5ccccc5c4)c4ccccc4c3OC2C(c2ccccc2)=C1. The van der Waals surface area contributed by atoms with Crippen LogP contribution in [0.5, 0.6) is 5.75 Å². The lowest BCUT2D eigenvalue weighted by Gasteiger charge is -2.28. The van der Waals surface area contributed by atoms with Crippen LogP contribution in [0.2, 0.25) is 0 Å². The van der Waals surface area contributed by atoms with E-state index < -0.39 is 0 Å². The molecule has 2 nitrogen and oxygen atoms in total. The van der Waals surface area contributed by atoms with Crippen molar-refractivity contribution in [3.05, 3.63) is 187 Å². The molecular weight excluding hydrogens is 558 g/mol. The molecule has 0 bridgehead atoms. The maximum atomic E-state index is 6.92. The van der Waals surface area contributed by atoms with Crippen molar-refractivity contribution in [1.29, 1.82) is 0 Å². The first-order valence-electron chi connectivity index (χ1n) is 15.9. The maximum absolute atomic E-state index is 6.92. The van der Waals surface area contributed by atoms with Crippen molar-refractivity contribution in [2.45, 2.75) is 12.0 Å². The summed E-state index contributed by atoms with van der Waals surface area (Å²) in [5, 5.41) is 4.74. The molecule has 0 fully saturated rings. The maximum Gasteiger partial charge on any atom is 0.135 e. The molecule has 1 aliphatic carbocycles. The summed E-state index contributed by atoms with van der Waals surface area (Å²) in [6.07, 6.45) is 6.64. The fraction of sp³-hybridized carbons (Fsp3) is 0.0455. The van der Waals surface area contributed by atoms with Crippen LogP contribution in [0.4, 0.5) is 17.1 Å². The Bertz CT molecular complexity index is 2280. The van der Waals surface area contributed by atoms with E-state index in [0.717, 1.165) is 33.6 Å². The highest BCUT2D eigenvalue weighted by atomic mass is 16.5. The average molecular weight is 590 g/mol. The Morgan fingerprint density at radius 2 is 1.13 bits per heavy atom. The highest BCUT2D eigenvalue weighted by Crippen LogP contribution is 2.53. The number of nitrogens with zero attached hydrogens (tertiary/aromatic N) is 1. The van der Waals surface area contributed by atoms with Crippen molar-refractivity contribution < 1.29 is 4.74 Å². The zero-order chi connectivity index (χ0) is 30.5. The first-order valence-corrected chi connectivity index (χ1v) is 15.9. The lowest BCUT2D eigenvalue weighted by atomic mass is 9.83. The van der Waals surface area contributed by atoms with E-state index >= 15 is 0 Å². The summed E-state index contributed by atoms with van der Waals surface area (Å²) in [6, 6.07) is 56.6. The Morgan fingerprint density at radius 3 is 1.91 bits per heavy atom. The van der Waals surface area contributed by atoms with Crippen molar-refractivity contribution in [2.75, 3.05) is 4.90 Å². The lowest BCUT2D eigenvalue weighted by Crippen LogP contribution is -2.21. The number of rotatable bonds is 5. The number of hydrogen-bond acceptors (Lipinski definition) is 2. The van der Waals surface area contributed by atoms with E-state index in [-0.39, 0.29) is 12.0 Å². The second kappa shape index (κ2) is 10.9. The smallest absolute Gasteiger partial charge is 0.135 e. The van der Waals surface area contributed by atoms with Crippen LogP contribution >= 0.6 is 0 Å². The molecule has 0 spiro atoms. The summed E-state index contributed by atoms with van der Waals surface area (Å²) >= 11 is 0. The highest BCUT2D eigenvalue weighted by Gasteiger charge is 2.39. The summed E-state index contributed by atoms with van der Waals surface area (Å²) in [6.45, 7) is 0. The largest absolute Gasteiger partial charge is 0.484 e. The molecule has 1 heterocycles. The molecule has 9 rings (SSSR count). The minimum atomic E-state index is -0.0691. The standard InChI is InChI=1S/C44H31NO/c1-3-12-30(13-4-1)32-22-25-35(26-23-32)45(36-27-24-31-14-7-8-17-34(31)28-36)42-29-41-40-21-11-20-37(33-15-5-2-6-16-33)43(40)46-44(41)39-19-10-9-18-38(39)42/h1-29,40,43H. The van der Waals surface area contributed by atoms with Gasteiger partial charge in [-0.05, 0) is 57.8 Å². The fourth-order valence-corrected chi connectivity index (χ4v) is 7.18. The Hall–Kier alpha value is -5.86. The third kappa shape index (κ3) is 4.42. The van der Waals surface area contributed by atoms with Crippen LogP contribution in [0.3, 0.4) is 0 Å². The molecular formula is C44H31NO. The topological polar surface area (TPSA) is 12.5 Å². The van der Waals surface area contributed by atoms with Crippen molar-refractivity contribution in [3.8, 4) is 16.9 Å². The molecule has 2 atom stereocenters. The molecule has 0 saturated heterocycles. The van der Waals surface area contributed by atoms with Gasteiger partial charge in [-0.1, -0.05) is 146 Å². The van der Waals surface area contributed by atoms with Gasteiger partial charge in [-0.3, -0.25) is 0 Å². The molecule has 7 aromatic rings. The van der Waals surface area contributed by atoms with Crippen LogP contribution in [-0.2, 0) is 0 Å². The monoisotopic (exact) mass is 589 g/mol. The van der Waals surface area contributed by atoms with Crippen molar-refractivity contribution in [2.24, 2.45) is 0 Å². The molecule has 1 aliphatic heterocycles. The van der Waals surface area contributed by atoms with E-state index in [4.69, 9.17) is 4.74 Å². The Kier molecular flexibility index (Phi) is 6.31. The van der Waals surface area contributed by atoms with Gasteiger partial charge >= 0.3 is 0 Å². The Morgan fingerprint density at radius 1 is 0.500 bits per heavy atom. The first kappa shape index (κ1) is 26.5. The highest BCUT2D eigenvalue weighted by molar-refractivity contribution is 6.04. The summed E-state index contributed by atoms with van der Waals surface area (Å²) < 4.78 is 6.92. The van der Waals surface area contributed by atoms with E-state index in [2.05, 4.69) is 181 Å². The zero-order valence-electron chi connectivity index (χ0n) is 25.3. The molecule has 0 amide bonds. The van der Waals surface area contributed by atoms with Gasteiger partial charge in [-0.15, -0.1) is 0 Å². The predicted molar refractivity (Wildman–Crippen MR) is 192 cm³/mol. The van der Waals surface area contributed by atoms with Crippen molar-refractivity contribution >= 4 is 44.2 Å². The van der Waals surface area contributed by atoms with Gasteiger partial charge in [0.1, 0.15) is 11.9 Å². The second-order valence-corrected chi connectivity index (χ2v) is 12.1. The summed E-state index contributed by atoms with van der Waals surface area (Å²) in [5.41, 5.74) is 9.44. The molecule has 7 aromatic carbocycles. The van der Waals surface area contributed by atoms with Gasteiger partial charge in [0.05, 0.1) is 5.69 Å². The molecule has 0 saturated carbocycles. The van der Waals surface area contributed by atoms with Gasteiger partial charge in [0.15, 0.2) is 0 Å². The Balaban J connectivity index is 1.24. The van der Waals surface area contributed by atoms with E-state index in [0.29, 0.717) is 0 Å². The van der Waals surface area contributed by atoms with Gasteiger partial charge in [0, 0.05) is 39.2 Å². The number of ether oxygens (including phenoxy) is 1. The van der Waals surface area contributed by atoms with Crippen molar-refractivity contribution in [3.63, 3.8) is 0 Å². The number of fused-ring (bicyclic) bond motifs is 6. The van der Waals surface area contributed by atoms with Crippen LogP contribution in [0.25, 0.3) is 38.2 Å². The molecule has 218 valence electrons. The number of hydrogen-bond donors (Lipinski definition) is 0. The van der Waals surface area contributed by atoms with E-state index in [1.54, 1.807) is 0 Å². The molecule has 2 aliphatic rings. The van der Waals surface area contributed by atoms with Crippen LogP contribution in [-0.4, -0.2) is 6.10 Å². The van der Waals surface area contributed by atoms with Crippen molar-refractivity contribution in [1.82, 2.24) is 0 Å². The third-order valence-corrected chi connectivity index (χ3v) is 9.40. The predicted octanol–water partition coefficient (Wildman–Crippen LogP) is 11.6. The van der Waals surface area contributed by atoms with Gasteiger partial charge in [-0.25, -0.2) is 0 Å². The van der Waals surface area contributed by atoms with Gasteiger partial charge in [-0.2, -0.15) is 0 Å². The van der Waals surface area contributed by atoms with Gasteiger partial charge < -0.3 is 9.64 Å². The quantitative estimate of drug-likeness (QED) is 0.198.